The van der Waals surface area contributed by atoms with Crippen LogP contribution in [0.2, 0.25) is 0 Å². The molecule has 0 spiro atoms. The van der Waals surface area contributed by atoms with Crippen molar-refractivity contribution in [2.75, 3.05) is 6.26 Å². The van der Waals surface area contributed by atoms with Crippen LogP contribution in [0.15, 0.2) is 53.5 Å². The van der Waals surface area contributed by atoms with Gasteiger partial charge in [-0.15, -0.1) is 0 Å². The van der Waals surface area contributed by atoms with Gasteiger partial charge in [0, 0.05) is 25.1 Å². The predicted octanol–water partition coefficient (Wildman–Crippen LogP) is 1.33. The number of pyridine rings is 1. The lowest BCUT2D eigenvalue weighted by atomic mass is 10.0. The van der Waals surface area contributed by atoms with E-state index in [0.29, 0.717) is 6.42 Å². The van der Waals surface area contributed by atoms with E-state index in [0.717, 1.165) is 18.2 Å². The average Bonchev–Trinajstić information content (AvgIpc) is 2.64. The summed E-state index contributed by atoms with van der Waals surface area (Å²) >= 11 is 0. The topological polar surface area (TPSA) is 105 Å². The van der Waals surface area contributed by atoms with Gasteiger partial charge in [0.15, 0.2) is 14.6 Å². The summed E-state index contributed by atoms with van der Waals surface area (Å²) in [5.74, 6) is -1.02. The molecule has 27 heavy (non-hydrogen) atoms. The monoisotopic (exact) mass is 392 g/mol. The summed E-state index contributed by atoms with van der Waals surface area (Å²) in [6, 6.07) is 13.3. The van der Waals surface area contributed by atoms with Crippen molar-refractivity contribution in [3.63, 3.8) is 0 Å². The van der Waals surface area contributed by atoms with Crippen LogP contribution in [0.1, 0.15) is 24.5 Å². The Balaban J connectivity index is 2.09. The summed E-state index contributed by atoms with van der Waals surface area (Å²) in [7, 11) is -3.79. The molecule has 0 fully saturated rings. The molecule has 0 radical (unpaired) electrons. The van der Waals surface area contributed by atoms with E-state index in [1.807, 2.05) is 36.4 Å². The fourth-order valence-corrected chi connectivity index (χ4v) is 3.59. The van der Waals surface area contributed by atoms with Crippen LogP contribution in [-0.4, -0.2) is 35.1 Å². The lowest BCUT2D eigenvalue weighted by Crippen LogP contribution is -2.49. The first-order chi connectivity index (χ1) is 12.7. The second-order valence-corrected chi connectivity index (χ2v) is 9.19. The van der Waals surface area contributed by atoms with Crippen molar-refractivity contribution in [1.82, 2.24) is 10.0 Å². The molecule has 0 saturated carbocycles. The van der Waals surface area contributed by atoms with Crippen molar-refractivity contribution in [3.05, 3.63) is 70.1 Å². The van der Waals surface area contributed by atoms with E-state index in [2.05, 4.69) is 0 Å². The summed E-state index contributed by atoms with van der Waals surface area (Å²) in [6.45, 7) is 1.27. The SMILES string of the molecule is CC(CCn1ccc(CCc2ccccc2)cc1=O)(C(=O)NO)S(C)(=O)=O. The molecule has 1 heterocycles. The number of nitrogens with zero attached hydrogens (tertiary/aromatic N) is 1. The molecule has 1 aromatic carbocycles. The van der Waals surface area contributed by atoms with Crippen molar-refractivity contribution in [2.24, 2.45) is 0 Å². The standard InChI is InChI=1S/C19H24N2O5S/c1-19(18(23)20-24,27(2,25)26)11-13-21-12-10-16(14-17(21)22)9-8-15-6-4-3-5-7-15/h3-7,10,12,14,24H,8-9,11,13H2,1-2H3,(H,20,23). The molecule has 0 bridgehead atoms. The fourth-order valence-electron chi connectivity index (χ4n) is 2.74. The second kappa shape index (κ2) is 8.49. The predicted molar refractivity (Wildman–Crippen MR) is 102 cm³/mol. The molecule has 0 aliphatic carbocycles. The van der Waals surface area contributed by atoms with E-state index in [9.17, 15) is 18.0 Å². The number of hydrogen-bond donors (Lipinski definition) is 2. The first-order valence-electron chi connectivity index (χ1n) is 8.55. The minimum atomic E-state index is -3.79. The van der Waals surface area contributed by atoms with Crippen molar-refractivity contribution in [2.45, 2.75) is 37.5 Å². The van der Waals surface area contributed by atoms with Crippen LogP contribution in [0.25, 0.3) is 0 Å². The second-order valence-electron chi connectivity index (χ2n) is 6.75. The highest BCUT2D eigenvalue weighted by molar-refractivity contribution is 7.92. The number of hydrogen-bond acceptors (Lipinski definition) is 5. The highest BCUT2D eigenvalue weighted by atomic mass is 32.2. The number of aromatic nitrogens is 1. The maximum absolute atomic E-state index is 12.3. The summed E-state index contributed by atoms with van der Waals surface area (Å²) in [5.41, 5.74) is 3.20. The minimum absolute atomic E-state index is 0.0365. The zero-order valence-corrected chi connectivity index (χ0v) is 16.2. The fraction of sp³-hybridized carbons (Fsp3) is 0.368. The van der Waals surface area contributed by atoms with E-state index >= 15 is 0 Å². The van der Waals surface area contributed by atoms with E-state index in [1.165, 1.54) is 28.6 Å². The number of rotatable bonds is 8. The summed E-state index contributed by atoms with van der Waals surface area (Å²) in [4.78, 5) is 24.2. The zero-order valence-electron chi connectivity index (χ0n) is 15.4. The molecule has 8 heteroatoms. The molecule has 1 amide bonds. The van der Waals surface area contributed by atoms with Gasteiger partial charge in [-0.25, -0.2) is 13.9 Å². The van der Waals surface area contributed by atoms with Gasteiger partial charge >= 0.3 is 0 Å². The molecular weight excluding hydrogens is 368 g/mol. The van der Waals surface area contributed by atoms with Crippen LogP contribution in [0.4, 0.5) is 0 Å². The van der Waals surface area contributed by atoms with Crippen molar-refractivity contribution in [3.8, 4) is 0 Å². The van der Waals surface area contributed by atoms with Gasteiger partial charge < -0.3 is 4.57 Å². The van der Waals surface area contributed by atoms with Gasteiger partial charge in [-0.3, -0.25) is 14.8 Å². The number of nitrogens with one attached hydrogen (secondary N) is 1. The van der Waals surface area contributed by atoms with E-state index < -0.39 is 20.5 Å². The number of sulfone groups is 1. The van der Waals surface area contributed by atoms with Crippen molar-refractivity contribution >= 4 is 15.7 Å². The van der Waals surface area contributed by atoms with Crippen LogP contribution in [0, 0.1) is 0 Å². The Hall–Kier alpha value is -2.45. The van der Waals surface area contributed by atoms with Gasteiger partial charge in [0.1, 0.15) is 0 Å². The quantitative estimate of drug-likeness (QED) is 0.521. The van der Waals surface area contributed by atoms with Gasteiger partial charge in [-0.2, -0.15) is 0 Å². The summed E-state index contributed by atoms with van der Waals surface area (Å²) in [5, 5.41) is 8.84. The minimum Gasteiger partial charge on any atom is -0.315 e. The van der Waals surface area contributed by atoms with Crippen LogP contribution in [0.3, 0.4) is 0 Å². The van der Waals surface area contributed by atoms with Crippen LogP contribution >= 0.6 is 0 Å². The molecule has 7 nitrogen and oxygen atoms in total. The van der Waals surface area contributed by atoms with Gasteiger partial charge in [-0.05, 0) is 43.4 Å². The first kappa shape index (κ1) is 20.9. The molecule has 1 aromatic heterocycles. The molecule has 1 atom stereocenters. The van der Waals surface area contributed by atoms with Gasteiger partial charge in [0.2, 0.25) is 0 Å². The molecule has 0 aliphatic rings. The lowest BCUT2D eigenvalue weighted by molar-refractivity contribution is -0.131. The summed E-state index contributed by atoms with van der Waals surface area (Å²) in [6.07, 6.45) is 3.92. The summed E-state index contributed by atoms with van der Waals surface area (Å²) < 4.78 is 23.5. The third kappa shape index (κ3) is 5.05. The number of carbonyl (C=O) groups excluding carboxylic acids is 1. The molecule has 0 aliphatic heterocycles. The molecule has 2 rings (SSSR count). The van der Waals surface area contributed by atoms with Crippen LogP contribution in [-0.2, 0) is 34.0 Å². The smallest absolute Gasteiger partial charge is 0.264 e. The Morgan fingerprint density at radius 2 is 1.78 bits per heavy atom. The van der Waals surface area contributed by atoms with Crippen LogP contribution in [0.5, 0.6) is 0 Å². The highest BCUT2D eigenvalue weighted by Crippen LogP contribution is 2.22. The molecule has 0 saturated heterocycles. The third-order valence-corrected chi connectivity index (χ3v) is 6.86. The molecule has 2 aromatic rings. The van der Waals surface area contributed by atoms with Crippen LogP contribution < -0.4 is 11.0 Å². The average molecular weight is 392 g/mol. The maximum atomic E-state index is 12.3. The normalized spacial score (nSPS) is 13.7. The first-order valence-corrected chi connectivity index (χ1v) is 10.4. The van der Waals surface area contributed by atoms with Gasteiger partial charge in [0.05, 0.1) is 0 Å². The number of hydroxylamine groups is 1. The highest BCUT2D eigenvalue weighted by Gasteiger charge is 2.43. The maximum Gasteiger partial charge on any atom is 0.264 e. The molecule has 1 unspecified atom stereocenters. The Bertz CT molecular complexity index is 954. The number of benzene rings is 1. The number of amides is 1. The Labute approximate surface area is 158 Å². The zero-order chi connectivity index (χ0) is 20.1. The van der Waals surface area contributed by atoms with Gasteiger partial charge in [-0.1, -0.05) is 30.3 Å². The molecule has 146 valence electrons. The Morgan fingerprint density at radius 1 is 1.15 bits per heavy atom. The Morgan fingerprint density at radius 3 is 2.33 bits per heavy atom. The third-order valence-electron chi connectivity index (χ3n) is 4.84. The van der Waals surface area contributed by atoms with Crippen molar-refractivity contribution in [1.29, 1.82) is 0 Å². The lowest BCUT2D eigenvalue weighted by Gasteiger charge is -2.25. The molecular formula is C19H24N2O5S. The largest absolute Gasteiger partial charge is 0.315 e. The van der Waals surface area contributed by atoms with Crippen molar-refractivity contribution < 1.29 is 18.4 Å². The number of carbonyl (C=O) groups is 1. The Kier molecular flexibility index (Phi) is 6.56. The van der Waals surface area contributed by atoms with Gasteiger partial charge in [0.25, 0.3) is 11.5 Å². The number of aryl methyl sites for hydroxylation is 3. The van der Waals surface area contributed by atoms with E-state index in [4.69, 9.17) is 5.21 Å². The van der Waals surface area contributed by atoms with E-state index in [1.54, 1.807) is 6.20 Å². The van der Waals surface area contributed by atoms with E-state index in [-0.39, 0.29) is 18.5 Å². The molecule has 2 N–H and O–H groups in total.